The predicted molar refractivity (Wildman–Crippen MR) is 55.1 cm³/mol. The standard InChI is InChI=1S/C11H14N2/c1-2-4-10-9(3-1)12-8-7-11(13-10)5-6-11/h1-4,12-13H,5-8H2. The summed E-state index contributed by atoms with van der Waals surface area (Å²) in [6, 6.07) is 8.48. The molecule has 2 heteroatoms. The molecule has 3 rings (SSSR count). The zero-order chi connectivity index (χ0) is 8.73. The average Bonchev–Trinajstić information content (AvgIpc) is 2.92. The van der Waals surface area contributed by atoms with Crippen LogP contribution in [-0.4, -0.2) is 12.1 Å². The quantitative estimate of drug-likeness (QED) is 0.631. The second-order valence-electron chi connectivity index (χ2n) is 4.13. The van der Waals surface area contributed by atoms with Gasteiger partial charge in [-0.3, -0.25) is 0 Å². The van der Waals surface area contributed by atoms with Crippen molar-refractivity contribution in [2.45, 2.75) is 24.8 Å². The van der Waals surface area contributed by atoms with E-state index in [0.29, 0.717) is 5.54 Å². The lowest BCUT2D eigenvalue weighted by molar-refractivity contribution is 0.687. The number of fused-ring (bicyclic) bond motifs is 1. The largest absolute Gasteiger partial charge is 0.383 e. The molecule has 0 bridgehead atoms. The second kappa shape index (κ2) is 2.41. The van der Waals surface area contributed by atoms with E-state index in [1.165, 1.54) is 30.6 Å². The Bertz CT molecular complexity index is 329. The molecular weight excluding hydrogens is 160 g/mol. The van der Waals surface area contributed by atoms with Crippen LogP contribution >= 0.6 is 0 Å². The first-order valence-electron chi connectivity index (χ1n) is 4.99. The van der Waals surface area contributed by atoms with Gasteiger partial charge < -0.3 is 10.6 Å². The first-order valence-corrected chi connectivity index (χ1v) is 4.99. The second-order valence-corrected chi connectivity index (χ2v) is 4.13. The average molecular weight is 174 g/mol. The normalized spacial score (nSPS) is 22.5. The fourth-order valence-corrected chi connectivity index (χ4v) is 2.06. The highest BCUT2D eigenvalue weighted by Crippen LogP contribution is 2.44. The van der Waals surface area contributed by atoms with Gasteiger partial charge in [0.05, 0.1) is 11.4 Å². The molecule has 1 aromatic carbocycles. The first-order chi connectivity index (χ1) is 6.38. The number of hydrogen-bond donors (Lipinski definition) is 2. The van der Waals surface area contributed by atoms with Gasteiger partial charge in [-0.25, -0.2) is 0 Å². The SMILES string of the molecule is c1ccc2c(c1)NCCC1(CC1)N2. The maximum Gasteiger partial charge on any atom is 0.0580 e. The van der Waals surface area contributed by atoms with Crippen molar-refractivity contribution in [1.29, 1.82) is 0 Å². The third-order valence-electron chi connectivity index (χ3n) is 3.10. The molecule has 0 atom stereocenters. The molecule has 1 fully saturated rings. The van der Waals surface area contributed by atoms with Crippen molar-refractivity contribution in [1.82, 2.24) is 0 Å². The van der Waals surface area contributed by atoms with Crippen LogP contribution in [0.1, 0.15) is 19.3 Å². The lowest BCUT2D eigenvalue weighted by atomic mass is 10.2. The van der Waals surface area contributed by atoms with E-state index in [-0.39, 0.29) is 0 Å². The minimum absolute atomic E-state index is 0.444. The molecule has 1 heterocycles. The van der Waals surface area contributed by atoms with Crippen LogP contribution < -0.4 is 10.6 Å². The topological polar surface area (TPSA) is 24.1 Å². The van der Waals surface area contributed by atoms with E-state index in [9.17, 15) is 0 Å². The number of rotatable bonds is 0. The van der Waals surface area contributed by atoms with Gasteiger partial charge >= 0.3 is 0 Å². The first kappa shape index (κ1) is 7.25. The van der Waals surface area contributed by atoms with Gasteiger partial charge in [0.15, 0.2) is 0 Å². The summed E-state index contributed by atoms with van der Waals surface area (Å²) in [5.41, 5.74) is 2.98. The molecule has 2 aliphatic rings. The van der Waals surface area contributed by atoms with Crippen LogP contribution in [0.5, 0.6) is 0 Å². The van der Waals surface area contributed by atoms with Crippen molar-refractivity contribution >= 4 is 11.4 Å². The molecule has 0 saturated heterocycles. The molecule has 0 unspecified atom stereocenters. The molecule has 1 aliphatic carbocycles. The van der Waals surface area contributed by atoms with Crippen LogP contribution in [0.3, 0.4) is 0 Å². The van der Waals surface area contributed by atoms with E-state index in [0.717, 1.165) is 6.54 Å². The summed E-state index contributed by atoms with van der Waals surface area (Å²) in [5.74, 6) is 0. The number of hydrogen-bond acceptors (Lipinski definition) is 2. The third kappa shape index (κ3) is 1.17. The molecule has 1 saturated carbocycles. The Morgan fingerprint density at radius 1 is 1.00 bits per heavy atom. The molecule has 0 amide bonds. The fourth-order valence-electron chi connectivity index (χ4n) is 2.06. The summed E-state index contributed by atoms with van der Waals surface area (Å²) >= 11 is 0. The van der Waals surface area contributed by atoms with Gasteiger partial charge in [-0.1, -0.05) is 12.1 Å². The molecule has 0 radical (unpaired) electrons. The van der Waals surface area contributed by atoms with Gasteiger partial charge in [-0.2, -0.15) is 0 Å². The fraction of sp³-hybridized carbons (Fsp3) is 0.455. The van der Waals surface area contributed by atoms with Crippen LogP contribution in [0.2, 0.25) is 0 Å². The number of para-hydroxylation sites is 2. The Balaban J connectivity index is 1.99. The molecule has 2 nitrogen and oxygen atoms in total. The van der Waals surface area contributed by atoms with Gasteiger partial charge in [-0.15, -0.1) is 0 Å². The number of benzene rings is 1. The Morgan fingerprint density at radius 2 is 1.77 bits per heavy atom. The van der Waals surface area contributed by atoms with Crippen molar-refractivity contribution < 1.29 is 0 Å². The molecule has 1 aromatic rings. The summed E-state index contributed by atoms with van der Waals surface area (Å²) in [5, 5.41) is 7.11. The number of anilines is 2. The van der Waals surface area contributed by atoms with Crippen LogP contribution in [0, 0.1) is 0 Å². The zero-order valence-electron chi connectivity index (χ0n) is 7.64. The van der Waals surface area contributed by atoms with Gasteiger partial charge in [0.25, 0.3) is 0 Å². The van der Waals surface area contributed by atoms with Crippen molar-refractivity contribution in [3.63, 3.8) is 0 Å². The van der Waals surface area contributed by atoms with Crippen molar-refractivity contribution in [2.24, 2.45) is 0 Å². The molecule has 68 valence electrons. The van der Waals surface area contributed by atoms with E-state index in [1.807, 2.05) is 0 Å². The Hall–Kier alpha value is -1.18. The third-order valence-corrected chi connectivity index (χ3v) is 3.10. The molecule has 2 N–H and O–H groups in total. The highest BCUT2D eigenvalue weighted by Gasteiger charge is 2.43. The van der Waals surface area contributed by atoms with Crippen LogP contribution in [0.4, 0.5) is 11.4 Å². The predicted octanol–water partition coefficient (Wildman–Crippen LogP) is 2.45. The van der Waals surface area contributed by atoms with Crippen molar-refractivity contribution in [3.05, 3.63) is 24.3 Å². The van der Waals surface area contributed by atoms with E-state index in [4.69, 9.17) is 0 Å². The molecule has 13 heavy (non-hydrogen) atoms. The van der Waals surface area contributed by atoms with E-state index >= 15 is 0 Å². The molecule has 0 aromatic heterocycles. The highest BCUT2D eigenvalue weighted by molar-refractivity contribution is 5.71. The lowest BCUT2D eigenvalue weighted by Gasteiger charge is -2.14. The summed E-state index contributed by atoms with van der Waals surface area (Å²) < 4.78 is 0. The van der Waals surface area contributed by atoms with Crippen LogP contribution in [0.15, 0.2) is 24.3 Å². The Kier molecular flexibility index (Phi) is 1.34. The minimum atomic E-state index is 0.444. The van der Waals surface area contributed by atoms with Gasteiger partial charge in [0.1, 0.15) is 0 Å². The van der Waals surface area contributed by atoms with Crippen molar-refractivity contribution in [3.8, 4) is 0 Å². The molecule has 1 spiro atoms. The molecular formula is C11H14N2. The van der Waals surface area contributed by atoms with Crippen molar-refractivity contribution in [2.75, 3.05) is 17.2 Å². The minimum Gasteiger partial charge on any atom is -0.383 e. The zero-order valence-corrected chi connectivity index (χ0v) is 7.64. The van der Waals surface area contributed by atoms with E-state index in [2.05, 4.69) is 34.9 Å². The molecule has 1 aliphatic heterocycles. The van der Waals surface area contributed by atoms with E-state index in [1.54, 1.807) is 0 Å². The summed E-state index contributed by atoms with van der Waals surface area (Å²) in [7, 11) is 0. The summed E-state index contributed by atoms with van der Waals surface area (Å²) in [6.07, 6.45) is 3.92. The Morgan fingerprint density at radius 3 is 2.54 bits per heavy atom. The summed E-state index contributed by atoms with van der Waals surface area (Å²) in [6.45, 7) is 1.10. The van der Waals surface area contributed by atoms with Crippen LogP contribution in [-0.2, 0) is 0 Å². The number of nitrogens with one attached hydrogen (secondary N) is 2. The Labute approximate surface area is 78.3 Å². The van der Waals surface area contributed by atoms with Gasteiger partial charge in [0, 0.05) is 12.1 Å². The highest BCUT2D eigenvalue weighted by atomic mass is 15.1. The van der Waals surface area contributed by atoms with Gasteiger partial charge in [0.2, 0.25) is 0 Å². The summed E-state index contributed by atoms with van der Waals surface area (Å²) in [4.78, 5) is 0. The van der Waals surface area contributed by atoms with E-state index < -0.39 is 0 Å². The monoisotopic (exact) mass is 174 g/mol. The smallest absolute Gasteiger partial charge is 0.0580 e. The van der Waals surface area contributed by atoms with Gasteiger partial charge in [-0.05, 0) is 31.4 Å². The maximum atomic E-state index is 3.65. The maximum absolute atomic E-state index is 3.65. The lowest BCUT2D eigenvalue weighted by Crippen LogP contribution is -2.20. The van der Waals surface area contributed by atoms with Crippen LogP contribution in [0.25, 0.3) is 0 Å².